The molecule has 2 rings (SSSR count). The molecule has 0 bridgehead atoms. The van der Waals surface area contributed by atoms with Gasteiger partial charge in [0.25, 0.3) is 0 Å². The Morgan fingerprint density at radius 3 is 2.62 bits per heavy atom. The Hall–Kier alpha value is -2.07. The van der Waals surface area contributed by atoms with Crippen LogP contribution in [0, 0.1) is 0 Å². The van der Waals surface area contributed by atoms with Gasteiger partial charge in [0.15, 0.2) is 0 Å². The van der Waals surface area contributed by atoms with Crippen LogP contribution in [0.15, 0.2) is 48.6 Å². The zero-order valence-electron chi connectivity index (χ0n) is 12.4. The first kappa shape index (κ1) is 15.3. The topological polar surface area (TPSA) is 41.6 Å². The Bertz CT molecular complexity index is 500. The summed E-state index contributed by atoms with van der Waals surface area (Å²) < 4.78 is 5.35. The average molecular weight is 286 g/mol. The van der Waals surface area contributed by atoms with Gasteiger partial charge in [0.1, 0.15) is 0 Å². The number of nitrogens with zero attached hydrogens (tertiary/aromatic N) is 1. The molecule has 0 radical (unpaired) electrons. The largest absolute Gasteiger partial charge is 0.378 e. The van der Waals surface area contributed by atoms with Crippen molar-refractivity contribution in [3.8, 4) is 0 Å². The second-order valence-corrected chi connectivity index (χ2v) is 4.87. The molecule has 0 spiro atoms. The maximum Gasteiger partial charge on any atom is 0.244 e. The van der Waals surface area contributed by atoms with E-state index in [1.165, 1.54) is 11.8 Å². The number of ether oxygens (including phenoxy) is 1. The molecular weight excluding hydrogens is 264 g/mol. The number of hydrogen-bond acceptors (Lipinski definition) is 3. The van der Waals surface area contributed by atoms with Crippen molar-refractivity contribution < 1.29 is 9.53 Å². The first-order valence-corrected chi connectivity index (χ1v) is 7.28. The van der Waals surface area contributed by atoms with E-state index >= 15 is 0 Å². The lowest BCUT2D eigenvalue weighted by Crippen LogP contribution is -2.36. The van der Waals surface area contributed by atoms with Crippen molar-refractivity contribution in [3.63, 3.8) is 0 Å². The zero-order chi connectivity index (χ0) is 14.9. The summed E-state index contributed by atoms with van der Waals surface area (Å²) in [6.07, 6.45) is 6.98. The number of carbonyl (C=O) groups is 1. The Morgan fingerprint density at radius 1 is 1.24 bits per heavy atom. The summed E-state index contributed by atoms with van der Waals surface area (Å²) in [6, 6.07) is 8.31. The maximum atomic E-state index is 11.6. The predicted octanol–water partition coefficient (Wildman–Crippen LogP) is 2.27. The van der Waals surface area contributed by atoms with Crippen molar-refractivity contribution in [1.82, 2.24) is 5.32 Å². The Balaban J connectivity index is 1.83. The third-order valence-electron chi connectivity index (χ3n) is 3.33. The van der Waals surface area contributed by atoms with E-state index in [1.54, 1.807) is 6.08 Å². The number of rotatable bonds is 5. The van der Waals surface area contributed by atoms with Crippen LogP contribution in [0.3, 0.4) is 0 Å². The van der Waals surface area contributed by atoms with Crippen LogP contribution < -0.4 is 10.2 Å². The van der Waals surface area contributed by atoms with Crippen LogP contribution in [-0.2, 0) is 16.1 Å². The van der Waals surface area contributed by atoms with Crippen molar-refractivity contribution in [2.45, 2.75) is 13.5 Å². The van der Waals surface area contributed by atoms with E-state index in [2.05, 4.69) is 34.5 Å². The lowest BCUT2D eigenvalue weighted by molar-refractivity contribution is -0.116. The molecule has 1 fully saturated rings. The lowest BCUT2D eigenvalue weighted by atomic mass is 10.2. The molecule has 1 aromatic carbocycles. The minimum atomic E-state index is -0.0784. The van der Waals surface area contributed by atoms with Gasteiger partial charge in [0.05, 0.1) is 13.2 Å². The third kappa shape index (κ3) is 5.08. The summed E-state index contributed by atoms with van der Waals surface area (Å²) in [5.74, 6) is -0.0784. The second kappa shape index (κ2) is 8.27. The Morgan fingerprint density at radius 2 is 1.95 bits per heavy atom. The number of anilines is 1. The first-order chi connectivity index (χ1) is 10.3. The van der Waals surface area contributed by atoms with Crippen LogP contribution in [0.5, 0.6) is 0 Å². The normalized spacial score (nSPS) is 15.8. The van der Waals surface area contributed by atoms with Gasteiger partial charge in [-0.1, -0.05) is 30.4 Å². The van der Waals surface area contributed by atoms with Crippen molar-refractivity contribution in [2.24, 2.45) is 0 Å². The summed E-state index contributed by atoms with van der Waals surface area (Å²) in [5.41, 5.74) is 2.31. The number of amides is 1. The van der Waals surface area contributed by atoms with Gasteiger partial charge in [-0.25, -0.2) is 0 Å². The molecule has 1 heterocycles. The molecule has 112 valence electrons. The minimum Gasteiger partial charge on any atom is -0.378 e. The highest BCUT2D eigenvalue weighted by Gasteiger charge is 2.10. The van der Waals surface area contributed by atoms with Crippen molar-refractivity contribution in [2.75, 3.05) is 31.2 Å². The van der Waals surface area contributed by atoms with Gasteiger partial charge in [-0.15, -0.1) is 0 Å². The van der Waals surface area contributed by atoms with Crippen LogP contribution in [0.25, 0.3) is 0 Å². The summed E-state index contributed by atoms with van der Waals surface area (Å²) in [5, 5.41) is 2.86. The van der Waals surface area contributed by atoms with Crippen LogP contribution in [-0.4, -0.2) is 32.2 Å². The highest BCUT2D eigenvalue weighted by Crippen LogP contribution is 2.16. The monoisotopic (exact) mass is 286 g/mol. The number of allylic oxidation sites excluding steroid dienone is 3. The van der Waals surface area contributed by atoms with E-state index in [0.717, 1.165) is 31.9 Å². The maximum absolute atomic E-state index is 11.6. The second-order valence-electron chi connectivity index (χ2n) is 4.87. The van der Waals surface area contributed by atoms with Crippen LogP contribution in [0.4, 0.5) is 5.69 Å². The Labute approximate surface area is 126 Å². The molecule has 0 atom stereocenters. The molecule has 1 aromatic rings. The lowest BCUT2D eigenvalue weighted by Gasteiger charge is -2.28. The SMILES string of the molecule is C/C=C/C=C/C(=O)NCc1ccc(N2CCOCC2)cc1. The van der Waals surface area contributed by atoms with Gasteiger partial charge in [0, 0.05) is 31.4 Å². The molecule has 0 aliphatic carbocycles. The first-order valence-electron chi connectivity index (χ1n) is 7.28. The number of carbonyl (C=O) groups excluding carboxylic acids is 1. The molecular formula is C17H22N2O2. The third-order valence-corrected chi connectivity index (χ3v) is 3.33. The fraction of sp³-hybridized carbons (Fsp3) is 0.353. The van der Waals surface area contributed by atoms with Crippen LogP contribution >= 0.6 is 0 Å². The van der Waals surface area contributed by atoms with Crippen molar-refractivity contribution in [1.29, 1.82) is 0 Å². The molecule has 1 aliphatic rings. The molecule has 21 heavy (non-hydrogen) atoms. The predicted molar refractivity (Wildman–Crippen MR) is 85.3 cm³/mol. The summed E-state index contributed by atoms with van der Waals surface area (Å²) in [4.78, 5) is 13.9. The highest BCUT2D eigenvalue weighted by molar-refractivity contribution is 5.87. The van der Waals surface area contributed by atoms with Crippen molar-refractivity contribution >= 4 is 11.6 Å². The molecule has 1 aliphatic heterocycles. The molecule has 1 saturated heterocycles. The molecule has 0 aromatic heterocycles. The van der Waals surface area contributed by atoms with Gasteiger partial charge >= 0.3 is 0 Å². The van der Waals surface area contributed by atoms with E-state index in [4.69, 9.17) is 4.74 Å². The number of nitrogens with one attached hydrogen (secondary N) is 1. The number of hydrogen-bond donors (Lipinski definition) is 1. The Kier molecular flexibility index (Phi) is 6.03. The van der Waals surface area contributed by atoms with Crippen LogP contribution in [0.2, 0.25) is 0 Å². The minimum absolute atomic E-state index is 0.0784. The van der Waals surface area contributed by atoms with E-state index in [1.807, 2.05) is 19.1 Å². The van der Waals surface area contributed by atoms with E-state index in [-0.39, 0.29) is 5.91 Å². The van der Waals surface area contributed by atoms with E-state index in [9.17, 15) is 4.79 Å². The molecule has 1 N–H and O–H groups in total. The zero-order valence-corrected chi connectivity index (χ0v) is 12.4. The molecule has 4 nitrogen and oxygen atoms in total. The quantitative estimate of drug-likeness (QED) is 0.667. The average Bonchev–Trinajstić information content (AvgIpc) is 2.54. The van der Waals surface area contributed by atoms with Gasteiger partial charge in [0.2, 0.25) is 5.91 Å². The van der Waals surface area contributed by atoms with Gasteiger partial charge in [-0.05, 0) is 24.6 Å². The highest BCUT2D eigenvalue weighted by atomic mass is 16.5. The van der Waals surface area contributed by atoms with Gasteiger partial charge < -0.3 is 15.0 Å². The summed E-state index contributed by atoms with van der Waals surface area (Å²) in [6.45, 7) is 5.91. The van der Waals surface area contributed by atoms with Crippen molar-refractivity contribution in [3.05, 3.63) is 54.1 Å². The van der Waals surface area contributed by atoms with Gasteiger partial charge in [-0.2, -0.15) is 0 Å². The summed E-state index contributed by atoms with van der Waals surface area (Å²) in [7, 11) is 0. The summed E-state index contributed by atoms with van der Waals surface area (Å²) >= 11 is 0. The number of benzene rings is 1. The fourth-order valence-corrected chi connectivity index (χ4v) is 2.15. The fourth-order valence-electron chi connectivity index (χ4n) is 2.15. The van der Waals surface area contributed by atoms with Gasteiger partial charge in [-0.3, -0.25) is 4.79 Å². The molecule has 0 saturated carbocycles. The molecule has 1 amide bonds. The van der Waals surface area contributed by atoms with Crippen LogP contribution in [0.1, 0.15) is 12.5 Å². The standard InChI is InChI=1S/C17H22N2O2/c1-2-3-4-5-17(20)18-14-15-6-8-16(9-7-15)19-10-12-21-13-11-19/h2-9H,10-14H2,1H3,(H,18,20)/b3-2+,5-4+. The molecule has 0 unspecified atom stereocenters. The number of morpholine rings is 1. The van der Waals surface area contributed by atoms with E-state index in [0.29, 0.717) is 6.54 Å². The smallest absolute Gasteiger partial charge is 0.244 e. The molecule has 4 heteroatoms. The van der Waals surface area contributed by atoms with E-state index < -0.39 is 0 Å².